The van der Waals surface area contributed by atoms with Gasteiger partial charge < -0.3 is 5.32 Å². The SMILES string of the molecule is CCCC/C=C/CC1N=CC[N+]1(CC)CCNC(C)=O. The van der Waals surface area contributed by atoms with Crippen molar-refractivity contribution >= 4 is 12.1 Å². The van der Waals surface area contributed by atoms with Gasteiger partial charge in [0.05, 0.1) is 25.8 Å². The normalized spacial score (nSPS) is 25.4. The summed E-state index contributed by atoms with van der Waals surface area (Å²) in [7, 11) is 0. The van der Waals surface area contributed by atoms with Crippen LogP contribution >= 0.6 is 0 Å². The molecule has 0 aliphatic carbocycles. The number of nitrogens with one attached hydrogen (secondary N) is 1. The van der Waals surface area contributed by atoms with Crippen molar-refractivity contribution < 1.29 is 9.28 Å². The monoisotopic (exact) mass is 280 g/mol. The van der Waals surface area contributed by atoms with E-state index in [1.165, 1.54) is 19.3 Å². The number of hydrogen-bond acceptors (Lipinski definition) is 2. The number of quaternary nitrogens is 1. The number of carbonyl (C=O) groups is 1. The number of nitrogens with zero attached hydrogens (tertiary/aromatic N) is 2. The van der Waals surface area contributed by atoms with E-state index in [1.807, 2.05) is 0 Å². The molecule has 1 aliphatic rings. The molecule has 1 amide bonds. The Balaban J connectivity index is 2.47. The Morgan fingerprint density at radius 2 is 2.25 bits per heavy atom. The van der Waals surface area contributed by atoms with Gasteiger partial charge in [0.25, 0.3) is 0 Å². The fourth-order valence-electron chi connectivity index (χ4n) is 2.73. The molecule has 2 unspecified atom stereocenters. The fraction of sp³-hybridized carbons (Fsp3) is 0.750. The van der Waals surface area contributed by atoms with E-state index >= 15 is 0 Å². The van der Waals surface area contributed by atoms with Gasteiger partial charge in [-0.05, 0) is 13.3 Å². The molecule has 0 bridgehead atoms. The highest BCUT2D eigenvalue weighted by Crippen LogP contribution is 2.22. The van der Waals surface area contributed by atoms with Gasteiger partial charge in [0.1, 0.15) is 6.54 Å². The average molecular weight is 280 g/mol. The Hall–Kier alpha value is -1.16. The second-order valence-electron chi connectivity index (χ2n) is 5.59. The predicted molar refractivity (Wildman–Crippen MR) is 84.8 cm³/mol. The van der Waals surface area contributed by atoms with E-state index in [-0.39, 0.29) is 5.91 Å². The summed E-state index contributed by atoms with van der Waals surface area (Å²) in [6.07, 6.45) is 11.6. The first-order valence-electron chi connectivity index (χ1n) is 7.91. The molecular formula is C16H30N3O+. The molecule has 1 N–H and O–H groups in total. The Kier molecular flexibility index (Phi) is 7.52. The van der Waals surface area contributed by atoms with Crippen LogP contribution in [0.4, 0.5) is 0 Å². The van der Waals surface area contributed by atoms with E-state index in [1.54, 1.807) is 6.92 Å². The Morgan fingerprint density at radius 1 is 1.45 bits per heavy atom. The van der Waals surface area contributed by atoms with Crippen LogP contribution in [0.3, 0.4) is 0 Å². The maximum atomic E-state index is 11.0. The number of likely N-dealkylation sites (N-methyl/N-ethyl adjacent to an activating group) is 1. The highest BCUT2D eigenvalue weighted by molar-refractivity contribution is 5.72. The highest BCUT2D eigenvalue weighted by atomic mass is 16.1. The molecular weight excluding hydrogens is 250 g/mol. The first-order chi connectivity index (χ1) is 9.64. The largest absolute Gasteiger partial charge is 0.351 e. The van der Waals surface area contributed by atoms with Gasteiger partial charge in [-0.2, -0.15) is 0 Å². The van der Waals surface area contributed by atoms with Crippen LogP contribution < -0.4 is 5.32 Å². The lowest BCUT2D eigenvalue weighted by molar-refractivity contribution is -0.934. The van der Waals surface area contributed by atoms with Crippen LogP contribution in [0.15, 0.2) is 17.1 Å². The highest BCUT2D eigenvalue weighted by Gasteiger charge is 2.36. The molecule has 1 aliphatic heterocycles. The molecule has 0 radical (unpaired) electrons. The summed E-state index contributed by atoms with van der Waals surface area (Å²) in [5, 5.41) is 2.91. The van der Waals surface area contributed by atoms with Crippen LogP contribution in [-0.2, 0) is 4.79 Å². The van der Waals surface area contributed by atoms with E-state index in [9.17, 15) is 4.79 Å². The molecule has 1 rings (SSSR count). The second kappa shape index (κ2) is 8.90. The van der Waals surface area contributed by atoms with Crippen molar-refractivity contribution in [2.45, 2.75) is 52.6 Å². The van der Waals surface area contributed by atoms with E-state index in [2.05, 4.69) is 42.5 Å². The third kappa shape index (κ3) is 5.08. The Bertz CT molecular complexity index is 352. The third-order valence-electron chi connectivity index (χ3n) is 4.15. The zero-order valence-corrected chi connectivity index (χ0v) is 13.3. The first kappa shape index (κ1) is 16.9. The molecule has 4 nitrogen and oxygen atoms in total. The molecule has 114 valence electrons. The van der Waals surface area contributed by atoms with Crippen LogP contribution in [0.5, 0.6) is 0 Å². The maximum Gasteiger partial charge on any atom is 0.217 e. The number of rotatable bonds is 9. The molecule has 0 saturated heterocycles. The minimum atomic E-state index is 0.0513. The van der Waals surface area contributed by atoms with E-state index in [4.69, 9.17) is 0 Å². The number of hydrogen-bond donors (Lipinski definition) is 1. The lowest BCUT2D eigenvalue weighted by atomic mass is 10.2. The van der Waals surface area contributed by atoms with E-state index < -0.39 is 0 Å². The summed E-state index contributed by atoms with van der Waals surface area (Å²) in [4.78, 5) is 15.7. The van der Waals surface area contributed by atoms with E-state index in [0.717, 1.165) is 37.1 Å². The summed E-state index contributed by atoms with van der Waals surface area (Å²) < 4.78 is 0.971. The Labute approximate surface area is 123 Å². The summed E-state index contributed by atoms with van der Waals surface area (Å²) >= 11 is 0. The third-order valence-corrected chi connectivity index (χ3v) is 4.15. The summed E-state index contributed by atoms with van der Waals surface area (Å²) in [6, 6.07) is 0. The van der Waals surface area contributed by atoms with Gasteiger partial charge in [-0.3, -0.25) is 9.28 Å². The smallest absolute Gasteiger partial charge is 0.217 e. The van der Waals surface area contributed by atoms with Crippen molar-refractivity contribution in [3.05, 3.63) is 12.2 Å². The van der Waals surface area contributed by atoms with Crippen LogP contribution in [0.25, 0.3) is 0 Å². The summed E-state index contributed by atoms with van der Waals surface area (Å²) in [5.41, 5.74) is 0. The fourth-order valence-corrected chi connectivity index (χ4v) is 2.73. The van der Waals surface area contributed by atoms with Crippen LogP contribution in [0.2, 0.25) is 0 Å². The van der Waals surface area contributed by atoms with Gasteiger partial charge in [-0.15, -0.1) is 0 Å². The Morgan fingerprint density at radius 3 is 2.90 bits per heavy atom. The zero-order chi connectivity index (χ0) is 14.8. The molecule has 0 fully saturated rings. The number of carbonyl (C=O) groups excluding carboxylic acids is 1. The quantitative estimate of drug-likeness (QED) is 0.393. The average Bonchev–Trinajstić information content (AvgIpc) is 2.82. The van der Waals surface area contributed by atoms with Gasteiger partial charge in [0.15, 0.2) is 6.17 Å². The molecule has 2 atom stereocenters. The van der Waals surface area contributed by atoms with Crippen molar-refractivity contribution in [2.75, 3.05) is 26.2 Å². The molecule has 0 aromatic rings. The zero-order valence-electron chi connectivity index (χ0n) is 13.3. The minimum absolute atomic E-state index is 0.0513. The molecule has 0 aromatic carbocycles. The van der Waals surface area contributed by atoms with Crippen molar-refractivity contribution in [1.82, 2.24) is 5.32 Å². The topological polar surface area (TPSA) is 41.5 Å². The van der Waals surface area contributed by atoms with Gasteiger partial charge in [-0.1, -0.05) is 31.9 Å². The minimum Gasteiger partial charge on any atom is -0.351 e. The summed E-state index contributed by atoms with van der Waals surface area (Å²) in [6.45, 7) is 9.76. The standard InChI is InChI=1S/C16H29N3O/c1-4-6-7-8-9-10-16-18-12-14-19(16,5-2)13-11-17-15(3)20/h8-9,12,16H,4-7,10-11,13-14H2,1-3H3/p+1/b9-8+. The summed E-state index contributed by atoms with van der Waals surface area (Å²) in [5.74, 6) is 0.0513. The van der Waals surface area contributed by atoms with Crippen molar-refractivity contribution in [3.63, 3.8) is 0 Å². The number of unbranched alkanes of at least 4 members (excludes halogenated alkanes) is 2. The molecule has 4 heteroatoms. The lowest BCUT2D eigenvalue weighted by Gasteiger charge is -2.37. The molecule has 0 spiro atoms. The number of aliphatic imine (C=N–C) groups is 1. The predicted octanol–water partition coefficient (Wildman–Crippen LogP) is 2.51. The molecule has 20 heavy (non-hydrogen) atoms. The molecule has 0 saturated carbocycles. The van der Waals surface area contributed by atoms with Crippen LogP contribution in [0, 0.1) is 0 Å². The van der Waals surface area contributed by atoms with E-state index in [0.29, 0.717) is 6.17 Å². The lowest BCUT2D eigenvalue weighted by Crippen LogP contribution is -2.55. The molecule has 0 aromatic heterocycles. The molecule has 1 heterocycles. The second-order valence-corrected chi connectivity index (χ2v) is 5.59. The van der Waals surface area contributed by atoms with Gasteiger partial charge in [-0.25, -0.2) is 4.99 Å². The van der Waals surface area contributed by atoms with Gasteiger partial charge in [0.2, 0.25) is 5.91 Å². The number of amides is 1. The van der Waals surface area contributed by atoms with Gasteiger partial charge >= 0.3 is 0 Å². The van der Waals surface area contributed by atoms with Gasteiger partial charge in [0, 0.05) is 13.3 Å². The van der Waals surface area contributed by atoms with Crippen molar-refractivity contribution in [2.24, 2.45) is 4.99 Å². The van der Waals surface area contributed by atoms with Crippen LogP contribution in [0.1, 0.15) is 46.5 Å². The van der Waals surface area contributed by atoms with Crippen molar-refractivity contribution in [3.8, 4) is 0 Å². The number of allylic oxidation sites excluding steroid dienone is 1. The first-order valence-corrected chi connectivity index (χ1v) is 7.91. The maximum absolute atomic E-state index is 11.0. The van der Waals surface area contributed by atoms with Crippen LogP contribution in [-0.4, -0.2) is 48.9 Å². The van der Waals surface area contributed by atoms with Crippen molar-refractivity contribution in [1.29, 1.82) is 0 Å².